The predicted octanol–water partition coefficient (Wildman–Crippen LogP) is 1.82. The predicted molar refractivity (Wildman–Crippen MR) is 89.6 cm³/mol. The highest BCUT2D eigenvalue weighted by Gasteiger charge is 2.15. The molecule has 3 aromatic rings. The molecule has 0 unspecified atom stereocenters. The van der Waals surface area contributed by atoms with Gasteiger partial charge in [0.25, 0.3) is 5.56 Å². The van der Waals surface area contributed by atoms with Gasteiger partial charge in [0.2, 0.25) is 5.58 Å². The highest BCUT2D eigenvalue weighted by atomic mass is 16.3. The van der Waals surface area contributed by atoms with Crippen LogP contribution in [0.2, 0.25) is 0 Å². The molecule has 0 bridgehead atoms. The number of H-pyrrole nitrogens is 1. The number of fused-ring (bicyclic) bond motifs is 3. The van der Waals surface area contributed by atoms with E-state index in [-0.39, 0.29) is 5.56 Å². The summed E-state index contributed by atoms with van der Waals surface area (Å²) in [5.41, 5.74) is 2.56. The number of aromatic amines is 1. The van der Waals surface area contributed by atoms with Crippen molar-refractivity contribution < 1.29 is 4.42 Å². The Kier molecular flexibility index (Phi) is 3.63. The lowest BCUT2D eigenvalue weighted by Gasteiger charge is -2.23. The lowest BCUT2D eigenvalue weighted by molar-refractivity contribution is 0.383. The summed E-state index contributed by atoms with van der Waals surface area (Å²) in [7, 11) is 0. The van der Waals surface area contributed by atoms with Gasteiger partial charge in [0.15, 0.2) is 0 Å². The largest absolute Gasteiger partial charge is 0.449 e. The van der Waals surface area contributed by atoms with Gasteiger partial charge in [0, 0.05) is 11.4 Å². The Morgan fingerprint density at radius 1 is 1.35 bits per heavy atom. The SMILES string of the molecule is Cc1ccc2oc3c(=O)[nH]c(CNC4CCNCC4)nc3c2c1. The van der Waals surface area contributed by atoms with E-state index < -0.39 is 0 Å². The summed E-state index contributed by atoms with van der Waals surface area (Å²) in [5, 5.41) is 7.72. The molecule has 0 saturated carbocycles. The second kappa shape index (κ2) is 5.79. The first kappa shape index (κ1) is 14.4. The number of piperidine rings is 1. The summed E-state index contributed by atoms with van der Waals surface area (Å²) in [5.74, 6) is 0.658. The van der Waals surface area contributed by atoms with E-state index in [2.05, 4.69) is 20.6 Å². The number of benzene rings is 1. The van der Waals surface area contributed by atoms with E-state index in [1.54, 1.807) is 0 Å². The molecule has 120 valence electrons. The molecule has 1 fully saturated rings. The summed E-state index contributed by atoms with van der Waals surface area (Å²) in [6.45, 7) is 4.65. The fourth-order valence-corrected chi connectivity index (χ4v) is 3.16. The normalized spacial score (nSPS) is 16.4. The van der Waals surface area contributed by atoms with E-state index in [0.29, 0.717) is 35.1 Å². The van der Waals surface area contributed by atoms with Crippen molar-refractivity contribution in [3.05, 3.63) is 39.9 Å². The number of aryl methyl sites for hydroxylation is 1. The molecule has 0 radical (unpaired) electrons. The van der Waals surface area contributed by atoms with Crippen molar-refractivity contribution in [1.82, 2.24) is 20.6 Å². The highest BCUT2D eigenvalue weighted by molar-refractivity contribution is 6.02. The van der Waals surface area contributed by atoms with Crippen molar-refractivity contribution in [2.75, 3.05) is 13.1 Å². The molecule has 4 rings (SSSR count). The van der Waals surface area contributed by atoms with E-state index in [0.717, 1.165) is 36.9 Å². The van der Waals surface area contributed by atoms with Gasteiger partial charge < -0.3 is 20.0 Å². The molecule has 0 aliphatic carbocycles. The van der Waals surface area contributed by atoms with Gasteiger partial charge in [-0.25, -0.2) is 4.98 Å². The molecule has 3 N–H and O–H groups in total. The molecule has 1 aliphatic heterocycles. The van der Waals surface area contributed by atoms with Crippen molar-refractivity contribution in [1.29, 1.82) is 0 Å². The average Bonchev–Trinajstić information content (AvgIpc) is 2.93. The zero-order valence-electron chi connectivity index (χ0n) is 13.1. The fraction of sp³-hybridized carbons (Fsp3) is 0.412. The molecular formula is C17H20N4O2. The number of aromatic nitrogens is 2. The van der Waals surface area contributed by atoms with Crippen LogP contribution < -0.4 is 16.2 Å². The second-order valence-corrected chi connectivity index (χ2v) is 6.20. The third-order valence-electron chi connectivity index (χ3n) is 4.43. The van der Waals surface area contributed by atoms with Crippen LogP contribution in [-0.2, 0) is 6.54 Å². The van der Waals surface area contributed by atoms with Crippen LogP contribution in [0.15, 0.2) is 27.4 Å². The standard InChI is InChI=1S/C17H20N4O2/c1-10-2-3-13-12(8-10)15-16(23-13)17(22)21-14(20-15)9-19-11-4-6-18-7-5-11/h2-3,8,11,18-19H,4-7,9H2,1H3,(H,20,21,22). The van der Waals surface area contributed by atoms with Crippen molar-refractivity contribution in [2.24, 2.45) is 0 Å². The first-order valence-electron chi connectivity index (χ1n) is 8.07. The minimum absolute atomic E-state index is 0.217. The molecule has 0 spiro atoms. The van der Waals surface area contributed by atoms with Crippen molar-refractivity contribution in [2.45, 2.75) is 32.4 Å². The summed E-state index contributed by atoms with van der Waals surface area (Å²) in [4.78, 5) is 19.7. The monoisotopic (exact) mass is 312 g/mol. The molecule has 1 aromatic carbocycles. The number of hydrogen-bond acceptors (Lipinski definition) is 5. The lowest BCUT2D eigenvalue weighted by Crippen LogP contribution is -2.40. The van der Waals surface area contributed by atoms with Gasteiger partial charge in [0.05, 0.1) is 6.54 Å². The number of hydrogen-bond donors (Lipinski definition) is 3. The molecule has 0 atom stereocenters. The van der Waals surface area contributed by atoms with E-state index >= 15 is 0 Å². The second-order valence-electron chi connectivity index (χ2n) is 6.20. The Balaban J connectivity index is 1.69. The first-order chi connectivity index (χ1) is 11.2. The molecule has 1 saturated heterocycles. The highest BCUT2D eigenvalue weighted by Crippen LogP contribution is 2.25. The molecular weight excluding hydrogens is 292 g/mol. The average molecular weight is 312 g/mol. The van der Waals surface area contributed by atoms with Crippen molar-refractivity contribution in [3.63, 3.8) is 0 Å². The molecule has 1 aliphatic rings. The Hall–Kier alpha value is -2.18. The maximum Gasteiger partial charge on any atom is 0.294 e. The van der Waals surface area contributed by atoms with Gasteiger partial charge in [-0.1, -0.05) is 11.6 Å². The number of rotatable bonds is 3. The van der Waals surface area contributed by atoms with Gasteiger partial charge in [-0.2, -0.15) is 0 Å². The smallest absolute Gasteiger partial charge is 0.294 e. The Labute approximate surface area is 133 Å². The topological polar surface area (TPSA) is 83.0 Å². The molecule has 2 aromatic heterocycles. The number of furan rings is 1. The van der Waals surface area contributed by atoms with Crippen LogP contribution in [0.4, 0.5) is 0 Å². The molecule has 23 heavy (non-hydrogen) atoms. The van der Waals surface area contributed by atoms with E-state index in [1.807, 2.05) is 25.1 Å². The molecule has 6 heteroatoms. The van der Waals surface area contributed by atoms with Gasteiger partial charge in [0.1, 0.15) is 16.9 Å². The maximum absolute atomic E-state index is 12.3. The summed E-state index contributed by atoms with van der Waals surface area (Å²) < 4.78 is 5.65. The maximum atomic E-state index is 12.3. The number of nitrogens with zero attached hydrogens (tertiary/aromatic N) is 1. The minimum Gasteiger partial charge on any atom is -0.449 e. The molecule has 6 nitrogen and oxygen atoms in total. The van der Waals surface area contributed by atoms with Gasteiger partial charge in [-0.05, 0) is 45.0 Å². The van der Waals surface area contributed by atoms with Crippen LogP contribution in [0.3, 0.4) is 0 Å². The molecule has 3 heterocycles. The Bertz CT molecular complexity index is 906. The van der Waals surface area contributed by atoms with Gasteiger partial charge in [-0.3, -0.25) is 4.79 Å². The molecule has 0 amide bonds. The fourth-order valence-electron chi connectivity index (χ4n) is 3.16. The van der Waals surface area contributed by atoms with E-state index in [1.165, 1.54) is 0 Å². The van der Waals surface area contributed by atoms with Crippen LogP contribution in [0.1, 0.15) is 24.2 Å². The van der Waals surface area contributed by atoms with Crippen molar-refractivity contribution >= 4 is 22.1 Å². The summed E-state index contributed by atoms with van der Waals surface area (Å²) in [6.07, 6.45) is 2.20. The third-order valence-corrected chi connectivity index (χ3v) is 4.43. The zero-order chi connectivity index (χ0) is 15.8. The van der Waals surface area contributed by atoms with Gasteiger partial charge in [-0.15, -0.1) is 0 Å². The lowest BCUT2D eigenvalue weighted by atomic mass is 10.1. The Morgan fingerprint density at radius 3 is 3.00 bits per heavy atom. The quantitative estimate of drug-likeness (QED) is 0.687. The van der Waals surface area contributed by atoms with Crippen LogP contribution in [-0.4, -0.2) is 29.1 Å². The first-order valence-corrected chi connectivity index (χ1v) is 8.07. The minimum atomic E-state index is -0.217. The van der Waals surface area contributed by atoms with E-state index in [9.17, 15) is 4.79 Å². The number of nitrogens with one attached hydrogen (secondary N) is 3. The van der Waals surface area contributed by atoms with Crippen LogP contribution in [0.25, 0.3) is 22.1 Å². The van der Waals surface area contributed by atoms with Crippen LogP contribution in [0, 0.1) is 6.92 Å². The van der Waals surface area contributed by atoms with E-state index in [4.69, 9.17) is 4.42 Å². The summed E-state index contributed by atoms with van der Waals surface area (Å²) in [6, 6.07) is 6.34. The third kappa shape index (κ3) is 2.75. The van der Waals surface area contributed by atoms with Gasteiger partial charge >= 0.3 is 0 Å². The Morgan fingerprint density at radius 2 is 2.17 bits per heavy atom. The summed E-state index contributed by atoms with van der Waals surface area (Å²) >= 11 is 0. The van der Waals surface area contributed by atoms with Crippen molar-refractivity contribution in [3.8, 4) is 0 Å². The zero-order valence-corrected chi connectivity index (χ0v) is 13.1. The van der Waals surface area contributed by atoms with Crippen LogP contribution in [0.5, 0.6) is 0 Å². The van der Waals surface area contributed by atoms with Crippen LogP contribution >= 0.6 is 0 Å².